The number of hydrogen-bond donors (Lipinski definition) is 1. The molecule has 106 valence electrons. The number of benzene rings is 1. The minimum atomic E-state index is -0.130. The molecule has 1 amide bonds. The highest BCUT2D eigenvalue weighted by Gasteiger charge is 2.10. The van der Waals surface area contributed by atoms with Crippen molar-refractivity contribution in [2.24, 2.45) is 0 Å². The summed E-state index contributed by atoms with van der Waals surface area (Å²) in [5.41, 5.74) is 0.557. The van der Waals surface area contributed by atoms with Crippen molar-refractivity contribution in [2.45, 2.75) is 20.3 Å². The lowest BCUT2D eigenvalue weighted by atomic mass is 10.2. The van der Waals surface area contributed by atoms with E-state index in [2.05, 4.69) is 5.32 Å². The Hall–Kier alpha value is -1.42. The first-order valence-corrected chi connectivity index (χ1v) is 7.00. The second-order valence-corrected chi connectivity index (χ2v) is 4.20. The summed E-state index contributed by atoms with van der Waals surface area (Å²) in [5.74, 6) is 1.65. The predicted octanol–water partition coefficient (Wildman–Crippen LogP) is 2.84. The Bertz CT molecular complexity index is 410. The highest BCUT2D eigenvalue weighted by Crippen LogP contribution is 2.28. The zero-order valence-corrected chi connectivity index (χ0v) is 12.1. The first-order chi connectivity index (χ1) is 9.22. The first kappa shape index (κ1) is 15.6. The van der Waals surface area contributed by atoms with Crippen LogP contribution in [0.5, 0.6) is 11.5 Å². The van der Waals surface area contributed by atoms with Gasteiger partial charge in [-0.1, -0.05) is 0 Å². The second kappa shape index (κ2) is 8.64. The molecular formula is C14H20ClNO3. The molecular weight excluding hydrogens is 266 g/mol. The molecule has 0 aliphatic rings. The van der Waals surface area contributed by atoms with Gasteiger partial charge in [0.25, 0.3) is 5.91 Å². The van der Waals surface area contributed by atoms with Gasteiger partial charge in [-0.15, -0.1) is 11.6 Å². The number of rotatable bonds is 8. The number of ether oxygens (including phenoxy) is 2. The van der Waals surface area contributed by atoms with Gasteiger partial charge < -0.3 is 14.8 Å². The molecule has 0 unspecified atom stereocenters. The molecule has 0 aliphatic heterocycles. The maximum Gasteiger partial charge on any atom is 0.251 e. The summed E-state index contributed by atoms with van der Waals surface area (Å²) in [6.07, 6.45) is 0.753. The lowest BCUT2D eigenvalue weighted by molar-refractivity contribution is 0.0953. The highest BCUT2D eigenvalue weighted by atomic mass is 35.5. The number of alkyl halides is 1. The Morgan fingerprint density at radius 1 is 1.21 bits per heavy atom. The van der Waals surface area contributed by atoms with Crippen LogP contribution in [0.3, 0.4) is 0 Å². The molecule has 0 saturated carbocycles. The molecule has 0 spiro atoms. The van der Waals surface area contributed by atoms with E-state index in [-0.39, 0.29) is 5.91 Å². The van der Waals surface area contributed by atoms with E-state index < -0.39 is 0 Å². The normalized spacial score (nSPS) is 10.1. The summed E-state index contributed by atoms with van der Waals surface area (Å²) >= 11 is 5.57. The Balaban J connectivity index is 2.78. The molecule has 1 aromatic carbocycles. The molecule has 0 radical (unpaired) electrons. The van der Waals surface area contributed by atoms with Crippen molar-refractivity contribution in [2.75, 3.05) is 25.6 Å². The maximum atomic E-state index is 11.9. The van der Waals surface area contributed by atoms with Crippen molar-refractivity contribution in [3.05, 3.63) is 23.8 Å². The molecule has 0 aliphatic carbocycles. The monoisotopic (exact) mass is 285 g/mol. The van der Waals surface area contributed by atoms with Gasteiger partial charge in [0.05, 0.1) is 13.2 Å². The summed E-state index contributed by atoms with van der Waals surface area (Å²) < 4.78 is 10.9. The van der Waals surface area contributed by atoms with E-state index >= 15 is 0 Å². The second-order valence-electron chi connectivity index (χ2n) is 3.83. The minimum Gasteiger partial charge on any atom is -0.490 e. The standard InChI is InChI=1S/C14H20ClNO3/c1-3-18-12-7-6-11(10-13(12)19-4-2)14(17)16-9-5-8-15/h6-7,10H,3-5,8-9H2,1-2H3,(H,16,17). The van der Waals surface area contributed by atoms with Crippen LogP contribution in [0.2, 0.25) is 0 Å². The van der Waals surface area contributed by atoms with Crippen LogP contribution in [0.1, 0.15) is 30.6 Å². The van der Waals surface area contributed by atoms with Crippen LogP contribution in [-0.2, 0) is 0 Å². The van der Waals surface area contributed by atoms with Crippen LogP contribution in [0, 0.1) is 0 Å². The predicted molar refractivity (Wildman–Crippen MR) is 76.5 cm³/mol. The van der Waals surface area contributed by atoms with E-state index in [0.29, 0.717) is 42.7 Å². The van der Waals surface area contributed by atoms with Crippen LogP contribution in [-0.4, -0.2) is 31.5 Å². The third-order valence-corrected chi connectivity index (χ3v) is 2.67. The van der Waals surface area contributed by atoms with Crippen LogP contribution < -0.4 is 14.8 Å². The first-order valence-electron chi connectivity index (χ1n) is 6.46. The number of carbonyl (C=O) groups is 1. The van der Waals surface area contributed by atoms with Crippen molar-refractivity contribution >= 4 is 17.5 Å². The molecule has 0 atom stereocenters. The van der Waals surface area contributed by atoms with Gasteiger partial charge in [-0.25, -0.2) is 0 Å². The third-order valence-electron chi connectivity index (χ3n) is 2.40. The van der Waals surface area contributed by atoms with Gasteiger partial charge in [0.1, 0.15) is 0 Å². The van der Waals surface area contributed by atoms with Gasteiger partial charge in [0.2, 0.25) is 0 Å². The molecule has 19 heavy (non-hydrogen) atoms. The smallest absolute Gasteiger partial charge is 0.251 e. The molecule has 0 fully saturated rings. The summed E-state index contributed by atoms with van der Waals surface area (Å²) in [6, 6.07) is 5.18. The van der Waals surface area contributed by atoms with Crippen molar-refractivity contribution in [1.82, 2.24) is 5.32 Å². The Labute approximate surface area is 119 Å². The molecule has 0 heterocycles. The molecule has 0 saturated heterocycles. The van der Waals surface area contributed by atoms with E-state index in [1.54, 1.807) is 18.2 Å². The average molecular weight is 286 g/mol. The SMILES string of the molecule is CCOc1ccc(C(=O)NCCCCl)cc1OCC. The fourth-order valence-corrected chi connectivity index (χ4v) is 1.70. The Morgan fingerprint density at radius 3 is 2.53 bits per heavy atom. The van der Waals surface area contributed by atoms with E-state index in [1.807, 2.05) is 13.8 Å². The number of hydrogen-bond acceptors (Lipinski definition) is 3. The third kappa shape index (κ3) is 4.99. The number of halogens is 1. The van der Waals surface area contributed by atoms with E-state index in [1.165, 1.54) is 0 Å². The zero-order chi connectivity index (χ0) is 14.1. The Kier molecular flexibility index (Phi) is 7.11. The van der Waals surface area contributed by atoms with Crippen LogP contribution in [0.25, 0.3) is 0 Å². The van der Waals surface area contributed by atoms with Gasteiger partial charge in [0.15, 0.2) is 11.5 Å². The van der Waals surface area contributed by atoms with Crippen molar-refractivity contribution < 1.29 is 14.3 Å². The van der Waals surface area contributed by atoms with Gasteiger partial charge >= 0.3 is 0 Å². The van der Waals surface area contributed by atoms with Gasteiger partial charge in [-0.05, 0) is 38.5 Å². The fraction of sp³-hybridized carbons (Fsp3) is 0.500. The summed E-state index contributed by atoms with van der Waals surface area (Å²) in [6.45, 7) is 5.45. The van der Waals surface area contributed by atoms with Crippen LogP contribution in [0.4, 0.5) is 0 Å². The van der Waals surface area contributed by atoms with Gasteiger partial charge in [-0.3, -0.25) is 4.79 Å². The van der Waals surface area contributed by atoms with E-state index in [9.17, 15) is 4.79 Å². The molecule has 5 heteroatoms. The molecule has 1 rings (SSSR count). The van der Waals surface area contributed by atoms with Gasteiger partial charge in [-0.2, -0.15) is 0 Å². The minimum absolute atomic E-state index is 0.130. The number of nitrogens with one attached hydrogen (secondary N) is 1. The average Bonchev–Trinajstić information content (AvgIpc) is 2.41. The van der Waals surface area contributed by atoms with Crippen LogP contribution >= 0.6 is 11.6 Å². The molecule has 1 N–H and O–H groups in total. The summed E-state index contributed by atoms with van der Waals surface area (Å²) in [4.78, 5) is 11.9. The molecule has 0 aromatic heterocycles. The molecule has 4 nitrogen and oxygen atoms in total. The topological polar surface area (TPSA) is 47.6 Å². The van der Waals surface area contributed by atoms with Crippen molar-refractivity contribution in [3.63, 3.8) is 0 Å². The molecule has 0 bridgehead atoms. The Morgan fingerprint density at radius 2 is 1.89 bits per heavy atom. The summed E-state index contributed by atoms with van der Waals surface area (Å²) in [5, 5.41) is 2.80. The van der Waals surface area contributed by atoms with Crippen molar-refractivity contribution in [1.29, 1.82) is 0 Å². The lowest BCUT2D eigenvalue weighted by Gasteiger charge is -2.12. The lowest BCUT2D eigenvalue weighted by Crippen LogP contribution is -2.24. The molecule has 1 aromatic rings. The van der Waals surface area contributed by atoms with E-state index in [0.717, 1.165) is 6.42 Å². The largest absolute Gasteiger partial charge is 0.490 e. The van der Waals surface area contributed by atoms with Crippen molar-refractivity contribution in [3.8, 4) is 11.5 Å². The van der Waals surface area contributed by atoms with E-state index in [4.69, 9.17) is 21.1 Å². The zero-order valence-electron chi connectivity index (χ0n) is 11.4. The van der Waals surface area contributed by atoms with Crippen LogP contribution in [0.15, 0.2) is 18.2 Å². The number of amides is 1. The van der Waals surface area contributed by atoms with Gasteiger partial charge in [0, 0.05) is 18.0 Å². The fourth-order valence-electron chi connectivity index (χ4n) is 1.56. The quantitative estimate of drug-likeness (QED) is 0.590. The summed E-state index contributed by atoms with van der Waals surface area (Å²) in [7, 11) is 0. The maximum absolute atomic E-state index is 11.9. The highest BCUT2D eigenvalue weighted by molar-refractivity contribution is 6.17. The number of carbonyl (C=O) groups excluding carboxylic acids is 1.